The highest BCUT2D eigenvalue weighted by Crippen LogP contribution is 2.62. The largest absolute Gasteiger partial charge is 0.508 e. The predicted octanol–water partition coefficient (Wildman–Crippen LogP) is 6.12. The van der Waals surface area contributed by atoms with Crippen molar-refractivity contribution in [2.75, 3.05) is 0 Å². The molecule has 0 fully saturated rings. The molecule has 0 aromatic heterocycles. The topological polar surface area (TPSA) is 40.5 Å². The van der Waals surface area contributed by atoms with Crippen LogP contribution in [0.5, 0.6) is 11.5 Å². The van der Waals surface area contributed by atoms with Crippen molar-refractivity contribution in [3.8, 4) is 11.5 Å². The van der Waals surface area contributed by atoms with E-state index in [4.69, 9.17) is 69.6 Å². The van der Waals surface area contributed by atoms with Crippen molar-refractivity contribution in [2.24, 2.45) is 0 Å². The fourth-order valence-electron chi connectivity index (χ4n) is 2.40. The Bertz CT molecular complexity index is 610. The van der Waals surface area contributed by atoms with Crippen LogP contribution >= 0.6 is 69.6 Å². The van der Waals surface area contributed by atoms with E-state index in [-0.39, 0.29) is 11.5 Å². The molecule has 0 aliphatic heterocycles. The van der Waals surface area contributed by atoms with E-state index in [2.05, 4.69) is 0 Å². The van der Waals surface area contributed by atoms with Crippen molar-refractivity contribution < 1.29 is 10.2 Å². The average Bonchev–Trinajstić information content (AvgIpc) is 2.40. The van der Waals surface area contributed by atoms with Crippen LogP contribution in [0.1, 0.15) is 11.1 Å². The molecule has 0 atom stereocenters. The zero-order valence-corrected chi connectivity index (χ0v) is 15.8. The van der Waals surface area contributed by atoms with E-state index in [1.165, 1.54) is 48.5 Å². The van der Waals surface area contributed by atoms with Gasteiger partial charge in [-0.05, 0) is 35.4 Å². The van der Waals surface area contributed by atoms with Crippen LogP contribution in [-0.2, 0) is 5.41 Å². The number of rotatable bonds is 2. The molecular formula is C15H10Cl6O2. The quantitative estimate of drug-likeness (QED) is 0.558. The first kappa shape index (κ1) is 19.1. The molecule has 2 N–H and O–H groups in total. The minimum Gasteiger partial charge on any atom is -0.508 e. The van der Waals surface area contributed by atoms with Gasteiger partial charge in [0.1, 0.15) is 16.9 Å². The molecule has 0 saturated heterocycles. The molecule has 0 saturated carbocycles. The molecule has 0 radical (unpaired) electrons. The molecule has 124 valence electrons. The summed E-state index contributed by atoms with van der Waals surface area (Å²) in [5.41, 5.74) is -0.932. The van der Waals surface area contributed by atoms with Crippen molar-refractivity contribution in [1.29, 1.82) is 0 Å². The summed E-state index contributed by atoms with van der Waals surface area (Å²) >= 11 is 37.5. The maximum Gasteiger partial charge on any atom is 0.208 e. The van der Waals surface area contributed by atoms with Gasteiger partial charge in [-0.2, -0.15) is 0 Å². The zero-order valence-electron chi connectivity index (χ0n) is 11.3. The van der Waals surface area contributed by atoms with E-state index in [1.54, 1.807) is 0 Å². The van der Waals surface area contributed by atoms with E-state index >= 15 is 0 Å². The number of aromatic hydroxyl groups is 2. The monoisotopic (exact) mass is 432 g/mol. The summed E-state index contributed by atoms with van der Waals surface area (Å²) in [7, 11) is 0. The van der Waals surface area contributed by atoms with Gasteiger partial charge in [0.05, 0.1) is 0 Å². The van der Waals surface area contributed by atoms with Crippen molar-refractivity contribution in [1.82, 2.24) is 0 Å². The van der Waals surface area contributed by atoms with Crippen LogP contribution in [0.2, 0.25) is 0 Å². The van der Waals surface area contributed by atoms with Crippen LogP contribution in [0.4, 0.5) is 0 Å². The molecule has 0 amide bonds. The normalized spacial score (nSPS) is 13.1. The van der Waals surface area contributed by atoms with E-state index < -0.39 is 13.0 Å². The van der Waals surface area contributed by atoms with Crippen LogP contribution in [0.25, 0.3) is 0 Å². The van der Waals surface area contributed by atoms with Gasteiger partial charge in [-0.1, -0.05) is 93.9 Å². The van der Waals surface area contributed by atoms with Crippen LogP contribution in [0.15, 0.2) is 48.5 Å². The van der Waals surface area contributed by atoms with Crippen molar-refractivity contribution >= 4 is 69.6 Å². The van der Waals surface area contributed by atoms with E-state index in [0.717, 1.165) is 0 Å². The van der Waals surface area contributed by atoms with Gasteiger partial charge in [-0.25, -0.2) is 0 Å². The Morgan fingerprint density at radius 3 is 1.00 bits per heavy atom. The highest BCUT2D eigenvalue weighted by Gasteiger charge is 2.63. The molecule has 0 heterocycles. The van der Waals surface area contributed by atoms with Crippen molar-refractivity contribution in [3.05, 3.63) is 59.7 Å². The summed E-state index contributed by atoms with van der Waals surface area (Å²) < 4.78 is -4.10. The molecule has 0 aliphatic rings. The molecule has 0 bridgehead atoms. The number of hydrogen-bond donors (Lipinski definition) is 2. The van der Waals surface area contributed by atoms with Gasteiger partial charge >= 0.3 is 0 Å². The van der Waals surface area contributed by atoms with Crippen molar-refractivity contribution in [3.63, 3.8) is 0 Å². The fourth-order valence-corrected chi connectivity index (χ4v) is 5.00. The summed E-state index contributed by atoms with van der Waals surface area (Å²) in [5.74, 6) is 0.0315. The number of alkyl halides is 6. The van der Waals surface area contributed by atoms with Gasteiger partial charge in [0.15, 0.2) is 0 Å². The Hall–Kier alpha value is -0.220. The molecule has 2 nitrogen and oxygen atoms in total. The summed E-state index contributed by atoms with van der Waals surface area (Å²) in [4.78, 5) is 0. The minimum absolute atomic E-state index is 0.0157. The van der Waals surface area contributed by atoms with E-state index in [1.807, 2.05) is 0 Å². The Morgan fingerprint density at radius 2 is 0.783 bits per heavy atom. The van der Waals surface area contributed by atoms with E-state index in [0.29, 0.717) is 11.1 Å². The lowest BCUT2D eigenvalue weighted by molar-refractivity contribution is 0.471. The second kappa shape index (κ2) is 6.59. The van der Waals surface area contributed by atoms with Gasteiger partial charge in [0.2, 0.25) is 7.59 Å². The summed E-state index contributed by atoms with van der Waals surface area (Å²) in [6.45, 7) is 0. The van der Waals surface area contributed by atoms with Crippen LogP contribution in [-0.4, -0.2) is 17.8 Å². The summed E-state index contributed by atoms with van der Waals surface area (Å²) in [6, 6.07) is 11.6. The third-order valence-electron chi connectivity index (χ3n) is 3.45. The molecular weight excluding hydrogens is 425 g/mol. The zero-order chi connectivity index (χ0) is 17.5. The second-order valence-corrected chi connectivity index (χ2v) is 9.40. The third kappa shape index (κ3) is 3.44. The van der Waals surface area contributed by atoms with Crippen LogP contribution < -0.4 is 0 Å². The smallest absolute Gasteiger partial charge is 0.208 e. The summed E-state index contributed by atoms with van der Waals surface area (Å²) in [5, 5.41) is 19.0. The van der Waals surface area contributed by atoms with Gasteiger partial charge in [0.25, 0.3) is 0 Å². The van der Waals surface area contributed by atoms with Crippen LogP contribution in [0.3, 0.4) is 0 Å². The fraction of sp³-hybridized carbons (Fsp3) is 0.200. The Balaban J connectivity index is 2.86. The van der Waals surface area contributed by atoms with Crippen LogP contribution in [0, 0.1) is 0 Å². The summed E-state index contributed by atoms with van der Waals surface area (Å²) in [6.07, 6.45) is 0. The van der Waals surface area contributed by atoms with Gasteiger partial charge < -0.3 is 10.2 Å². The highest BCUT2D eigenvalue weighted by atomic mass is 35.6. The maximum absolute atomic E-state index is 9.50. The molecule has 2 aromatic carbocycles. The first-order valence-electron chi connectivity index (χ1n) is 6.22. The second-order valence-electron chi connectivity index (χ2n) is 4.84. The molecule has 23 heavy (non-hydrogen) atoms. The lowest BCUT2D eigenvalue weighted by Gasteiger charge is -2.45. The molecule has 8 heteroatoms. The Kier molecular flexibility index (Phi) is 5.47. The standard InChI is InChI=1S/C15H10Cl6O2/c16-14(17,18)13(15(19,20)21,9-1-5-11(22)6-2-9)10-3-7-12(23)8-4-10/h1-8,22-23H. The van der Waals surface area contributed by atoms with Gasteiger partial charge in [-0.15, -0.1) is 0 Å². The molecule has 0 spiro atoms. The maximum atomic E-state index is 9.50. The third-order valence-corrected chi connectivity index (χ3v) is 5.15. The predicted molar refractivity (Wildman–Crippen MR) is 97.6 cm³/mol. The first-order valence-corrected chi connectivity index (χ1v) is 8.49. The van der Waals surface area contributed by atoms with E-state index in [9.17, 15) is 10.2 Å². The lowest BCUT2D eigenvalue weighted by atomic mass is 9.76. The van der Waals surface area contributed by atoms with Gasteiger partial charge in [0, 0.05) is 0 Å². The average molecular weight is 435 g/mol. The lowest BCUT2D eigenvalue weighted by Crippen LogP contribution is -2.51. The molecule has 0 aliphatic carbocycles. The Labute approximate surface area is 163 Å². The molecule has 2 aromatic rings. The minimum atomic E-state index is -2.05. The SMILES string of the molecule is Oc1ccc(C(c2ccc(O)cc2)(C(Cl)(Cl)Cl)C(Cl)(Cl)Cl)cc1. The number of benzene rings is 2. The molecule has 2 rings (SSSR count). The molecule has 0 unspecified atom stereocenters. The number of phenols is 2. The van der Waals surface area contributed by atoms with Crippen molar-refractivity contribution in [2.45, 2.75) is 13.0 Å². The first-order chi connectivity index (χ1) is 10.5. The van der Waals surface area contributed by atoms with Gasteiger partial charge in [-0.3, -0.25) is 0 Å². The number of hydrogen-bond acceptors (Lipinski definition) is 2. The highest BCUT2D eigenvalue weighted by molar-refractivity contribution is 6.74. The number of halogens is 6. The number of phenolic OH excluding ortho intramolecular Hbond substituents is 2. The Morgan fingerprint density at radius 1 is 0.522 bits per heavy atom.